The number of ether oxygens (including phenoxy) is 1. The van der Waals surface area contributed by atoms with Gasteiger partial charge in [-0.15, -0.1) is 0 Å². The van der Waals surface area contributed by atoms with Crippen molar-refractivity contribution in [3.8, 4) is 0 Å². The number of anilines is 1. The maximum absolute atomic E-state index is 12.6. The topological polar surface area (TPSA) is 81.4 Å². The number of methoxy groups -OCH3 is 1. The lowest BCUT2D eigenvalue weighted by molar-refractivity contribution is -0.115. The molecule has 1 N–H and O–H groups in total. The molecule has 4 rings (SSSR count). The number of amides is 1. The summed E-state index contributed by atoms with van der Waals surface area (Å²) in [6.45, 7) is 0. The van der Waals surface area contributed by atoms with Gasteiger partial charge < -0.3 is 14.5 Å². The van der Waals surface area contributed by atoms with E-state index in [4.69, 9.17) is 9.15 Å². The molecule has 6 nitrogen and oxygen atoms in total. The highest BCUT2D eigenvalue weighted by atomic mass is 16.5. The second-order valence-electron chi connectivity index (χ2n) is 6.84. The monoisotopic (exact) mass is 400 g/mol. The fraction of sp³-hybridized carbons (Fsp3) is 0.125. The van der Waals surface area contributed by atoms with Crippen molar-refractivity contribution in [3.05, 3.63) is 95.4 Å². The average molecular weight is 400 g/mol. The van der Waals surface area contributed by atoms with Crippen LogP contribution in [-0.4, -0.2) is 24.0 Å². The van der Waals surface area contributed by atoms with Crippen LogP contribution in [0.3, 0.4) is 0 Å². The first-order chi connectivity index (χ1) is 14.6. The van der Waals surface area contributed by atoms with Crippen LogP contribution in [0.4, 0.5) is 5.69 Å². The summed E-state index contributed by atoms with van der Waals surface area (Å²) in [7, 11) is 1.31. The third kappa shape index (κ3) is 4.38. The minimum atomic E-state index is -0.511. The molecule has 0 aliphatic rings. The fourth-order valence-electron chi connectivity index (χ4n) is 3.23. The lowest BCUT2D eigenvalue weighted by Crippen LogP contribution is -2.15. The van der Waals surface area contributed by atoms with Gasteiger partial charge in [-0.25, -0.2) is 9.78 Å². The minimum absolute atomic E-state index is 0.204. The highest BCUT2D eigenvalue weighted by molar-refractivity contribution is 6.03. The highest BCUT2D eigenvalue weighted by Crippen LogP contribution is 2.28. The Labute approximate surface area is 173 Å². The Kier molecular flexibility index (Phi) is 5.57. The molecule has 4 aromatic rings. The second-order valence-corrected chi connectivity index (χ2v) is 6.84. The van der Waals surface area contributed by atoms with Gasteiger partial charge in [0.25, 0.3) is 0 Å². The summed E-state index contributed by atoms with van der Waals surface area (Å²) in [6, 6.07) is 22.4. The predicted octanol–water partition coefficient (Wildman–Crippen LogP) is 4.39. The van der Waals surface area contributed by atoms with E-state index in [2.05, 4.69) is 10.3 Å². The Balaban J connectivity index is 1.66. The quantitative estimate of drug-likeness (QED) is 0.486. The summed E-state index contributed by atoms with van der Waals surface area (Å²) in [6.07, 6.45) is 0.705. The number of carbonyl (C=O) groups excluding carboxylic acids is 2. The van der Waals surface area contributed by atoms with Crippen LogP contribution in [0.2, 0.25) is 0 Å². The molecule has 0 bridgehead atoms. The highest BCUT2D eigenvalue weighted by Gasteiger charge is 2.18. The van der Waals surface area contributed by atoms with Gasteiger partial charge in [0.05, 0.1) is 24.8 Å². The van der Waals surface area contributed by atoms with Gasteiger partial charge in [0.2, 0.25) is 5.91 Å². The van der Waals surface area contributed by atoms with E-state index in [1.54, 1.807) is 12.1 Å². The largest absolute Gasteiger partial charge is 0.465 e. The third-order valence-electron chi connectivity index (χ3n) is 4.64. The lowest BCUT2D eigenvalue weighted by Gasteiger charge is -2.08. The summed E-state index contributed by atoms with van der Waals surface area (Å²) in [4.78, 5) is 29.2. The zero-order valence-corrected chi connectivity index (χ0v) is 16.4. The smallest absolute Gasteiger partial charge is 0.338 e. The summed E-state index contributed by atoms with van der Waals surface area (Å²) in [5.41, 5.74) is 3.53. The van der Waals surface area contributed by atoms with Crippen molar-refractivity contribution in [2.24, 2.45) is 0 Å². The first kappa shape index (κ1) is 19.4. The van der Waals surface area contributed by atoms with Crippen LogP contribution in [0.1, 0.15) is 27.4 Å². The van der Waals surface area contributed by atoms with Crippen molar-refractivity contribution in [1.82, 2.24) is 4.98 Å². The molecule has 150 valence electrons. The van der Waals surface area contributed by atoms with Crippen LogP contribution in [0.15, 0.2) is 77.2 Å². The van der Waals surface area contributed by atoms with Gasteiger partial charge in [0.1, 0.15) is 5.52 Å². The van der Waals surface area contributed by atoms with Crippen molar-refractivity contribution < 1.29 is 18.7 Å². The number of nitrogens with zero attached hydrogens (tertiary/aromatic N) is 1. The summed E-state index contributed by atoms with van der Waals surface area (Å²) < 4.78 is 10.8. The molecule has 0 aliphatic carbocycles. The van der Waals surface area contributed by atoms with Gasteiger partial charge in [0.15, 0.2) is 11.5 Å². The minimum Gasteiger partial charge on any atom is -0.465 e. The van der Waals surface area contributed by atoms with Crippen LogP contribution in [-0.2, 0) is 22.4 Å². The van der Waals surface area contributed by atoms with Crippen molar-refractivity contribution in [3.63, 3.8) is 0 Å². The molecule has 1 amide bonds. The number of carbonyl (C=O) groups is 2. The van der Waals surface area contributed by atoms with Gasteiger partial charge in [-0.2, -0.15) is 0 Å². The number of hydrogen-bond acceptors (Lipinski definition) is 5. The summed E-state index contributed by atoms with van der Waals surface area (Å²) in [5, 5.41) is 2.85. The molecule has 0 saturated carbocycles. The molecule has 0 spiro atoms. The molecule has 0 fully saturated rings. The Morgan fingerprint density at radius 1 is 0.967 bits per heavy atom. The van der Waals surface area contributed by atoms with Gasteiger partial charge >= 0.3 is 5.97 Å². The summed E-state index contributed by atoms with van der Waals surface area (Å²) >= 11 is 0. The molecule has 6 heteroatoms. The molecule has 1 heterocycles. The number of benzene rings is 3. The SMILES string of the molecule is COC(=O)c1cc(NC(=O)Cc2ccccc2)c2oc(Cc3ccccc3)nc2c1. The van der Waals surface area contributed by atoms with Crippen molar-refractivity contribution >= 4 is 28.7 Å². The number of fused-ring (bicyclic) bond motifs is 1. The van der Waals surface area contributed by atoms with E-state index in [0.717, 1.165) is 11.1 Å². The number of rotatable bonds is 6. The average Bonchev–Trinajstić information content (AvgIpc) is 3.17. The van der Waals surface area contributed by atoms with E-state index in [1.165, 1.54) is 7.11 Å². The molecular formula is C24H20N2O4. The van der Waals surface area contributed by atoms with Crippen molar-refractivity contribution in [1.29, 1.82) is 0 Å². The van der Waals surface area contributed by atoms with Gasteiger partial charge in [-0.05, 0) is 23.3 Å². The van der Waals surface area contributed by atoms with E-state index in [0.29, 0.717) is 34.7 Å². The Hall–Kier alpha value is -3.93. The van der Waals surface area contributed by atoms with E-state index < -0.39 is 5.97 Å². The van der Waals surface area contributed by atoms with Crippen LogP contribution < -0.4 is 5.32 Å². The van der Waals surface area contributed by atoms with E-state index in [1.807, 2.05) is 60.7 Å². The van der Waals surface area contributed by atoms with Crippen molar-refractivity contribution in [2.75, 3.05) is 12.4 Å². The zero-order chi connectivity index (χ0) is 20.9. The van der Waals surface area contributed by atoms with Crippen LogP contribution >= 0.6 is 0 Å². The van der Waals surface area contributed by atoms with Crippen molar-refractivity contribution in [2.45, 2.75) is 12.8 Å². The van der Waals surface area contributed by atoms with Crippen LogP contribution in [0, 0.1) is 0 Å². The number of oxazole rings is 1. The molecule has 0 unspecified atom stereocenters. The van der Waals surface area contributed by atoms with Gasteiger partial charge in [-0.3, -0.25) is 4.79 Å². The zero-order valence-electron chi connectivity index (χ0n) is 16.4. The standard InChI is InChI=1S/C24H20N2O4/c1-29-24(28)18-14-19(25-21(27)12-16-8-4-2-5-9-16)23-20(15-18)26-22(30-23)13-17-10-6-3-7-11-17/h2-11,14-15H,12-13H2,1H3,(H,25,27). The first-order valence-electron chi connectivity index (χ1n) is 9.52. The van der Waals surface area contributed by atoms with Crippen LogP contribution in [0.25, 0.3) is 11.1 Å². The molecule has 30 heavy (non-hydrogen) atoms. The third-order valence-corrected chi connectivity index (χ3v) is 4.64. The van der Waals surface area contributed by atoms with E-state index in [9.17, 15) is 9.59 Å². The summed E-state index contributed by atoms with van der Waals surface area (Å²) in [5.74, 6) is -0.231. The number of esters is 1. The van der Waals surface area contributed by atoms with Gasteiger partial charge in [-0.1, -0.05) is 60.7 Å². The Morgan fingerprint density at radius 3 is 2.30 bits per heavy atom. The molecule has 0 atom stereocenters. The first-order valence-corrected chi connectivity index (χ1v) is 9.52. The lowest BCUT2D eigenvalue weighted by atomic mass is 10.1. The normalized spacial score (nSPS) is 10.7. The molecule has 3 aromatic carbocycles. The molecule has 0 radical (unpaired) electrons. The Bertz CT molecular complexity index is 1180. The molecular weight excluding hydrogens is 380 g/mol. The van der Waals surface area contributed by atoms with E-state index >= 15 is 0 Å². The Morgan fingerprint density at radius 2 is 1.63 bits per heavy atom. The number of nitrogens with one attached hydrogen (secondary N) is 1. The maximum Gasteiger partial charge on any atom is 0.338 e. The van der Waals surface area contributed by atoms with Gasteiger partial charge in [0, 0.05) is 6.42 Å². The van der Waals surface area contributed by atoms with E-state index in [-0.39, 0.29) is 12.3 Å². The fourth-order valence-corrected chi connectivity index (χ4v) is 3.23. The molecule has 0 saturated heterocycles. The second kappa shape index (κ2) is 8.61. The molecule has 1 aromatic heterocycles. The van der Waals surface area contributed by atoms with Crippen LogP contribution in [0.5, 0.6) is 0 Å². The molecule has 0 aliphatic heterocycles. The number of aromatic nitrogens is 1. The predicted molar refractivity (Wildman–Crippen MR) is 113 cm³/mol. The maximum atomic E-state index is 12.6. The number of hydrogen-bond donors (Lipinski definition) is 1.